The normalized spacial score (nSPS) is 12.9. The van der Waals surface area contributed by atoms with Crippen molar-refractivity contribution < 1.29 is 22.0 Å². The summed E-state index contributed by atoms with van der Waals surface area (Å²) in [7, 11) is -3.85. The Morgan fingerprint density at radius 3 is 2.24 bits per heavy atom. The fourth-order valence-electron chi connectivity index (χ4n) is 3.29. The molecule has 3 rings (SSSR count). The molecule has 0 saturated carbocycles. The molecule has 0 aliphatic carbocycles. The molecule has 1 aromatic heterocycles. The first-order valence-electron chi connectivity index (χ1n) is 10.5. The van der Waals surface area contributed by atoms with E-state index in [1.54, 1.807) is 6.92 Å². The van der Waals surface area contributed by atoms with E-state index in [0.29, 0.717) is 6.42 Å². The standard InChI is InChI=1S/C24H27F2N3O3S2/c1-14(16-11-19(25)21(20(26)12-16)29-34(5,31)32)27-22(30)23-28-18(13-33-23)10-15-6-8-17(9-7-15)24(2,3)4/h6-9,11-14,29H,10H2,1-5H3,(H,27,30)/t14-/m1/s1. The van der Waals surface area contributed by atoms with Gasteiger partial charge in [-0.3, -0.25) is 9.52 Å². The van der Waals surface area contributed by atoms with Crippen LogP contribution in [0.1, 0.15) is 65.9 Å². The second-order valence-electron chi connectivity index (χ2n) is 9.20. The van der Waals surface area contributed by atoms with Crippen molar-refractivity contribution in [1.29, 1.82) is 0 Å². The average molecular weight is 508 g/mol. The molecule has 0 bridgehead atoms. The number of aromatic nitrogens is 1. The van der Waals surface area contributed by atoms with Crippen LogP contribution in [0.3, 0.4) is 0 Å². The zero-order valence-electron chi connectivity index (χ0n) is 19.6. The van der Waals surface area contributed by atoms with Gasteiger partial charge < -0.3 is 5.32 Å². The minimum atomic E-state index is -3.85. The number of amides is 1. The number of carbonyl (C=O) groups is 1. The lowest BCUT2D eigenvalue weighted by molar-refractivity contribution is 0.0939. The zero-order chi connectivity index (χ0) is 25.3. The molecule has 0 spiro atoms. The van der Waals surface area contributed by atoms with Crippen molar-refractivity contribution in [1.82, 2.24) is 10.3 Å². The number of thiazole rings is 1. The molecule has 6 nitrogen and oxygen atoms in total. The van der Waals surface area contributed by atoms with Crippen LogP contribution in [0.15, 0.2) is 41.8 Å². The third kappa shape index (κ3) is 6.60. The van der Waals surface area contributed by atoms with Gasteiger partial charge >= 0.3 is 0 Å². The number of nitrogens with zero attached hydrogens (tertiary/aromatic N) is 1. The highest BCUT2D eigenvalue weighted by Gasteiger charge is 2.20. The molecule has 34 heavy (non-hydrogen) atoms. The summed E-state index contributed by atoms with van der Waals surface area (Å²) in [6.45, 7) is 8.02. The molecule has 1 amide bonds. The molecule has 182 valence electrons. The molecular weight excluding hydrogens is 480 g/mol. The van der Waals surface area contributed by atoms with Gasteiger partial charge in [0.05, 0.1) is 18.0 Å². The Bertz CT molecular complexity index is 1270. The van der Waals surface area contributed by atoms with Crippen LogP contribution in [-0.4, -0.2) is 25.6 Å². The van der Waals surface area contributed by atoms with Gasteiger partial charge in [-0.1, -0.05) is 45.0 Å². The molecular formula is C24H27F2N3O3S2. The minimum absolute atomic E-state index is 0.0669. The second-order valence-corrected chi connectivity index (χ2v) is 11.8. The Morgan fingerprint density at radius 2 is 1.71 bits per heavy atom. The summed E-state index contributed by atoms with van der Waals surface area (Å²) in [4.78, 5) is 17.0. The maximum absolute atomic E-state index is 14.3. The Hall–Kier alpha value is -2.85. The smallest absolute Gasteiger partial charge is 0.280 e. The second kappa shape index (κ2) is 9.79. The van der Waals surface area contributed by atoms with Crippen LogP contribution in [0.25, 0.3) is 0 Å². The van der Waals surface area contributed by atoms with Crippen LogP contribution >= 0.6 is 11.3 Å². The average Bonchev–Trinajstić information content (AvgIpc) is 3.18. The van der Waals surface area contributed by atoms with Gasteiger partial charge in [0.15, 0.2) is 16.6 Å². The van der Waals surface area contributed by atoms with Crippen LogP contribution in [0.2, 0.25) is 0 Å². The molecule has 0 radical (unpaired) electrons. The van der Waals surface area contributed by atoms with Gasteiger partial charge in [-0.25, -0.2) is 22.2 Å². The number of hydrogen-bond acceptors (Lipinski definition) is 5. The molecule has 10 heteroatoms. The van der Waals surface area contributed by atoms with Gasteiger partial charge in [0.1, 0.15) is 5.69 Å². The largest absolute Gasteiger partial charge is 0.343 e. The quantitative estimate of drug-likeness (QED) is 0.462. The number of nitrogens with one attached hydrogen (secondary N) is 2. The zero-order valence-corrected chi connectivity index (χ0v) is 21.2. The van der Waals surface area contributed by atoms with Gasteiger partial charge in [-0.2, -0.15) is 0 Å². The van der Waals surface area contributed by atoms with Crippen molar-refractivity contribution in [3.63, 3.8) is 0 Å². The minimum Gasteiger partial charge on any atom is -0.343 e. The maximum atomic E-state index is 14.3. The van der Waals surface area contributed by atoms with E-state index in [0.717, 1.165) is 29.6 Å². The van der Waals surface area contributed by atoms with E-state index >= 15 is 0 Å². The van der Waals surface area contributed by atoms with Gasteiger partial charge in [0.25, 0.3) is 5.91 Å². The lowest BCUT2D eigenvalue weighted by Gasteiger charge is -2.19. The number of sulfonamides is 1. The molecule has 0 saturated heterocycles. The summed E-state index contributed by atoms with van der Waals surface area (Å²) in [6.07, 6.45) is 1.38. The van der Waals surface area contributed by atoms with Gasteiger partial charge in [-0.05, 0) is 41.2 Å². The SMILES string of the molecule is C[C@@H](NC(=O)c1nc(Cc2ccc(C(C)(C)C)cc2)cs1)c1cc(F)c(NS(C)(=O)=O)c(F)c1. The highest BCUT2D eigenvalue weighted by molar-refractivity contribution is 7.92. The number of hydrogen-bond donors (Lipinski definition) is 2. The molecule has 0 aliphatic heterocycles. The van der Waals surface area contributed by atoms with Crippen molar-refractivity contribution >= 4 is 33.0 Å². The predicted octanol–water partition coefficient (Wildman–Crippen LogP) is 5.17. The van der Waals surface area contributed by atoms with Crippen LogP contribution in [0.4, 0.5) is 14.5 Å². The first-order valence-corrected chi connectivity index (χ1v) is 13.3. The van der Waals surface area contributed by atoms with Crippen LogP contribution in [-0.2, 0) is 21.9 Å². The number of halogens is 2. The van der Waals surface area contributed by atoms with Crippen molar-refractivity contribution in [2.75, 3.05) is 11.0 Å². The van der Waals surface area contributed by atoms with E-state index < -0.39 is 39.3 Å². The summed E-state index contributed by atoms with van der Waals surface area (Å²) in [5, 5.41) is 4.72. The lowest BCUT2D eigenvalue weighted by Crippen LogP contribution is -2.27. The third-order valence-corrected chi connectivity index (χ3v) is 6.62. The number of benzene rings is 2. The molecule has 1 atom stereocenters. The van der Waals surface area contributed by atoms with Crippen LogP contribution < -0.4 is 10.0 Å². The van der Waals surface area contributed by atoms with Crippen molar-refractivity contribution in [2.24, 2.45) is 0 Å². The molecule has 0 aliphatic rings. The molecule has 0 unspecified atom stereocenters. The fourth-order valence-corrected chi connectivity index (χ4v) is 4.58. The topological polar surface area (TPSA) is 88.2 Å². The number of carbonyl (C=O) groups excluding carboxylic acids is 1. The van der Waals surface area contributed by atoms with Crippen LogP contribution in [0, 0.1) is 11.6 Å². The first kappa shape index (κ1) is 25.8. The monoisotopic (exact) mass is 507 g/mol. The Morgan fingerprint density at radius 1 is 1.12 bits per heavy atom. The number of rotatable bonds is 7. The summed E-state index contributed by atoms with van der Waals surface area (Å²) in [6, 6.07) is 9.51. The lowest BCUT2D eigenvalue weighted by atomic mass is 9.86. The maximum Gasteiger partial charge on any atom is 0.280 e. The Balaban J connectivity index is 1.67. The summed E-state index contributed by atoms with van der Waals surface area (Å²) >= 11 is 1.19. The van der Waals surface area contributed by atoms with Crippen molar-refractivity contribution in [3.8, 4) is 0 Å². The van der Waals surface area contributed by atoms with E-state index in [9.17, 15) is 22.0 Å². The third-order valence-electron chi connectivity index (χ3n) is 5.15. The highest BCUT2D eigenvalue weighted by Crippen LogP contribution is 2.26. The molecule has 3 aromatic rings. The summed E-state index contributed by atoms with van der Waals surface area (Å²) in [5.41, 5.74) is 2.52. The Labute approximate surface area is 202 Å². The first-order chi connectivity index (χ1) is 15.7. The molecule has 2 aromatic carbocycles. The summed E-state index contributed by atoms with van der Waals surface area (Å²) < 4.78 is 52.9. The van der Waals surface area contributed by atoms with E-state index in [4.69, 9.17) is 0 Å². The van der Waals surface area contributed by atoms with E-state index in [1.807, 2.05) is 22.2 Å². The number of anilines is 1. The van der Waals surface area contributed by atoms with E-state index in [-0.39, 0.29) is 16.0 Å². The van der Waals surface area contributed by atoms with Crippen molar-refractivity contribution in [2.45, 2.75) is 45.6 Å². The molecule has 0 fully saturated rings. The molecule has 2 N–H and O–H groups in total. The van der Waals surface area contributed by atoms with Gasteiger partial charge in [-0.15, -0.1) is 11.3 Å². The van der Waals surface area contributed by atoms with Gasteiger partial charge in [0, 0.05) is 11.8 Å². The molecule has 1 heterocycles. The van der Waals surface area contributed by atoms with Crippen LogP contribution in [0.5, 0.6) is 0 Å². The Kier molecular flexibility index (Phi) is 7.42. The predicted molar refractivity (Wildman–Crippen MR) is 131 cm³/mol. The van der Waals surface area contributed by atoms with Gasteiger partial charge in [0.2, 0.25) is 10.0 Å². The van der Waals surface area contributed by atoms with Crippen molar-refractivity contribution in [3.05, 3.63) is 80.8 Å². The fraction of sp³-hybridized carbons (Fsp3) is 0.333. The van der Waals surface area contributed by atoms with E-state index in [2.05, 4.69) is 43.2 Å². The summed E-state index contributed by atoms with van der Waals surface area (Å²) in [5.74, 6) is -2.61. The van der Waals surface area contributed by atoms with E-state index in [1.165, 1.54) is 16.9 Å². The highest BCUT2D eigenvalue weighted by atomic mass is 32.2.